The molecule has 0 bridgehead atoms. The molecule has 4 heterocycles. The monoisotopic (exact) mass is 1100 g/mol. The van der Waals surface area contributed by atoms with Crippen LogP contribution in [0.2, 0.25) is 0 Å². The molecule has 16 rings (SSSR count). The molecule has 12 aromatic carbocycles. The van der Waals surface area contributed by atoms with E-state index in [0.717, 1.165) is 104 Å². The van der Waals surface area contributed by atoms with Crippen molar-refractivity contribution < 1.29 is 0 Å². The van der Waals surface area contributed by atoms with E-state index in [-0.39, 0.29) is 13.4 Å². The summed E-state index contributed by atoms with van der Waals surface area (Å²) < 4.78 is 0. The molecule has 4 aliphatic heterocycles. The number of anilines is 12. The first-order valence-electron chi connectivity index (χ1n) is 28.2. The van der Waals surface area contributed by atoms with E-state index in [1.54, 1.807) is 23.5 Å². The number of hydrogen-bond donors (Lipinski definition) is 0. The van der Waals surface area contributed by atoms with Crippen molar-refractivity contribution in [3.63, 3.8) is 0 Å². The fourth-order valence-electron chi connectivity index (χ4n) is 13.3. The summed E-state index contributed by atoms with van der Waals surface area (Å²) in [6.45, 7) is 8.44. The molecule has 0 saturated heterocycles. The van der Waals surface area contributed by atoms with Crippen molar-refractivity contribution in [3.8, 4) is 17.2 Å². The van der Waals surface area contributed by atoms with Gasteiger partial charge in [-0.2, -0.15) is 5.26 Å². The van der Waals surface area contributed by atoms with Gasteiger partial charge in [0.05, 0.1) is 12.6 Å². The normalized spacial score (nSPS) is 12.8. The first-order chi connectivity index (χ1) is 41.6. The standard InChI is InChI=1S/C74H46B2N6S2/c1-78-62-40-24-25-49(48-77)69(62)70-73-60(75-58-38-20-22-41-63(58)81(54-34-16-6-17-35-54)65-43-56(45-67(83-73)71(65)75)79(50-26-8-2-9-27-50)51-28-10-3-11-29-51)47-61-74(70)84-68-46-57(80(52-30-12-4-13-31-52)53-32-14-5-15-33-53)44-66-72(68)76(61)59-39-21-23-42-64(59)82(66)55-36-18-7-19-37-55/h2-47H. The molecule has 0 amide bonds. The SMILES string of the molecule is [C-]#[N+]c1cccc(C#N)c1-c1c2c(cc3c1Sc1cc(N(c4ccccc4)c4ccccc4)cc4c1B3c1ccccc1N4c1ccccc1)B1c3ccccc3N(c3ccccc3)c3cc(N(c4ccccc4)c4ccccc4)cc(c31)S2. The van der Waals surface area contributed by atoms with E-state index in [0.29, 0.717) is 16.8 Å². The second-order valence-electron chi connectivity index (χ2n) is 21.3. The highest BCUT2D eigenvalue weighted by Crippen LogP contribution is 2.54. The number of fused-ring (bicyclic) bond motifs is 8. The molecular formula is C74H46B2N6S2. The summed E-state index contributed by atoms with van der Waals surface area (Å²) >= 11 is 3.55. The highest BCUT2D eigenvalue weighted by atomic mass is 32.2. The van der Waals surface area contributed by atoms with Gasteiger partial charge in [-0.15, -0.1) is 0 Å². The third-order valence-electron chi connectivity index (χ3n) is 16.7. The Kier molecular flexibility index (Phi) is 11.9. The van der Waals surface area contributed by atoms with Gasteiger partial charge in [0.15, 0.2) is 5.69 Å². The van der Waals surface area contributed by atoms with Crippen LogP contribution in [0.1, 0.15) is 5.56 Å². The predicted molar refractivity (Wildman–Crippen MR) is 352 cm³/mol. The third-order valence-corrected chi connectivity index (χ3v) is 19.1. The van der Waals surface area contributed by atoms with Crippen molar-refractivity contribution in [1.29, 1.82) is 5.26 Å². The Hall–Kier alpha value is -10.4. The van der Waals surface area contributed by atoms with Crippen molar-refractivity contribution in [2.75, 3.05) is 19.6 Å². The van der Waals surface area contributed by atoms with E-state index in [4.69, 9.17) is 6.57 Å². The number of nitriles is 1. The van der Waals surface area contributed by atoms with Gasteiger partial charge in [0.2, 0.25) is 13.4 Å². The van der Waals surface area contributed by atoms with Gasteiger partial charge in [-0.05, 0) is 143 Å². The van der Waals surface area contributed by atoms with Crippen molar-refractivity contribution in [2.24, 2.45) is 0 Å². The number of nitrogens with zero attached hydrogens (tertiary/aromatic N) is 6. The quantitative estimate of drug-likeness (QED) is 0.105. The molecule has 10 heteroatoms. The third kappa shape index (κ3) is 7.83. The lowest BCUT2D eigenvalue weighted by Crippen LogP contribution is -2.64. The van der Waals surface area contributed by atoms with Crippen molar-refractivity contribution in [1.82, 2.24) is 0 Å². The molecule has 0 aromatic heterocycles. The maximum atomic E-state index is 11.4. The zero-order valence-corrected chi connectivity index (χ0v) is 46.8. The van der Waals surface area contributed by atoms with E-state index in [2.05, 4.69) is 291 Å². The summed E-state index contributed by atoms with van der Waals surface area (Å²) in [5, 5.41) is 11.4. The van der Waals surface area contributed by atoms with Crippen molar-refractivity contribution in [2.45, 2.75) is 19.6 Å². The maximum Gasteiger partial charge on any atom is 0.249 e. The van der Waals surface area contributed by atoms with Crippen LogP contribution < -0.4 is 52.4 Å². The Morgan fingerprint density at radius 3 is 1.14 bits per heavy atom. The Labute approximate surface area is 498 Å². The molecule has 6 nitrogen and oxygen atoms in total. The summed E-state index contributed by atoms with van der Waals surface area (Å²) in [5.74, 6) is 0. The molecule has 0 radical (unpaired) electrons. The summed E-state index contributed by atoms with van der Waals surface area (Å²) in [7, 11) is 0. The first-order valence-corrected chi connectivity index (χ1v) is 29.8. The lowest BCUT2D eigenvalue weighted by Gasteiger charge is -2.44. The second-order valence-corrected chi connectivity index (χ2v) is 23.4. The van der Waals surface area contributed by atoms with Crippen LogP contribution in [-0.2, 0) is 0 Å². The van der Waals surface area contributed by atoms with Crippen LogP contribution in [-0.4, -0.2) is 13.4 Å². The van der Waals surface area contributed by atoms with Crippen LogP contribution in [0.5, 0.6) is 0 Å². The van der Waals surface area contributed by atoms with Crippen LogP contribution in [0.3, 0.4) is 0 Å². The van der Waals surface area contributed by atoms with Gasteiger partial charge < -0.3 is 19.6 Å². The van der Waals surface area contributed by atoms with E-state index in [1.807, 2.05) is 18.2 Å². The van der Waals surface area contributed by atoms with E-state index in [9.17, 15) is 5.26 Å². The highest BCUT2D eigenvalue weighted by molar-refractivity contribution is 8.01. The molecule has 12 aromatic rings. The smallest absolute Gasteiger partial charge is 0.249 e. The molecule has 390 valence electrons. The Morgan fingerprint density at radius 1 is 0.369 bits per heavy atom. The van der Waals surface area contributed by atoms with Crippen LogP contribution in [0.15, 0.2) is 299 Å². The minimum Gasteiger partial charge on any atom is -0.311 e. The van der Waals surface area contributed by atoms with Gasteiger partial charge in [0, 0.05) is 99.0 Å². The Bertz CT molecular complexity index is 4310. The molecule has 0 spiro atoms. The van der Waals surface area contributed by atoms with E-state index >= 15 is 0 Å². The minimum atomic E-state index is -0.230. The number of para-hydroxylation sites is 8. The van der Waals surface area contributed by atoms with Crippen LogP contribution >= 0.6 is 23.5 Å². The summed E-state index contributed by atoms with van der Waals surface area (Å²) in [4.78, 5) is 18.2. The average molecular weight is 1100 g/mol. The van der Waals surface area contributed by atoms with Gasteiger partial charge in [0.1, 0.15) is 0 Å². The predicted octanol–water partition coefficient (Wildman–Crippen LogP) is 16.2. The Balaban J connectivity index is 1.02. The zero-order valence-electron chi connectivity index (χ0n) is 45.2. The summed E-state index contributed by atoms with van der Waals surface area (Å²) in [6, 6.07) is 102. The lowest BCUT2D eigenvalue weighted by atomic mass is 9.31. The van der Waals surface area contributed by atoms with Crippen molar-refractivity contribution >= 4 is 144 Å². The van der Waals surface area contributed by atoms with E-state index in [1.165, 1.54) is 21.9 Å². The molecule has 0 unspecified atom stereocenters. The first kappa shape index (κ1) is 49.5. The molecule has 0 N–H and O–H groups in total. The average Bonchev–Trinajstić information content (AvgIpc) is 0.755. The molecule has 4 aliphatic rings. The molecule has 0 fully saturated rings. The zero-order chi connectivity index (χ0) is 55.8. The summed E-state index contributed by atoms with van der Waals surface area (Å²) in [6.07, 6.45) is 0. The van der Waals surface area contributed by atoms with E-state index < -0.39 is 0 Å². The van der Waals surface area contributed by atoms with Gasteiger partial charge >= 0.3 is 0 Å². The molecule has 0 aliphatic carbocycles. The number of benzene rings is 12. The topological polar surface area (TPSA) is 41.1 Å². The molecule has 84 heavy (non-hydrogen) atoms. The Morgan fingerprint density at radius 2 is 0.750 bits per heavy atom. The number of rotatable bonds is 9. The molecule has 0 saturated carbocycles. The van der Waals surface area contributed by atoms with Gasteiger partial charge in [-0.1, -0.05) is 198 Å². The molecule has 0 atom stereocenters. The summed E-state index contributed by atoms with van der Waals surface area (Å²) in [5.41, 5.74) is 22.4. The van der Waals surface area contributed by atoms with Crippen LogP contribution in [0.4, 0.5) is 73.9 Å². The minimum absolute atomic E-state index is 0.230. The van der Waals surface area contributed by atoms with Gasteiger partial charge in [0.25, 0.3) is 0 Å². The number of hydrogen-bond acceptors (Lipinski definition) is 7. The largest absolute Gasteiger partial charge is 0.311 e. The highest BCUT2D eigenvalue weighted by Gasteiger charge is 2.48. The fraction of sp³-hybridized carbons (Fsp3) is 0. The van der Waals surface area contributed by atoms with Gasteiger partial charge in [-0.3, -0.25) is 0 Å². The van der Waals surface area contributed by atoms with Gasteiger partial charge in [-0.25, -0.2) is 4.85 Å². The maximum absolute atomic E-state index is 11.4. The second kappa shape index (κ2) is 20.3. The fourth-order valence-corrected chi connectivity index (χ4v) is 16.1. The lowest BCUT2D eigenvalue weighted by molar-refractivity contribution is 1.22. The van der Waals surface area contributed by atoms with Crippen LogP contribution in [0.25, 0.3) is 16.0 Å². The van der Waals surface area contributed by atoms with Crippen molar-refractivity contribution in [3.05, 3.63) is 296 Å². The van der Waals surface area contributed by atoms with Crippen LogP contribution in [0, 0.1) is 17.9 Å². The molecular weight excluding hydrogens is 1060 g/mol.